The molecule has 0 aromatic rings. The predicted molar refractivity (Wildman–Crippen MR) is 55.9 cm³/mol. The van der Waals surface area contributed by atoms with Crippen LogP contribution in [0.4, 0.5) is 0 Å². The van der Waals surface area contributed by atoms with E-state index in [4.69, 9.17) is 4.74 Å². The molecule has 1 unspecified atom stereocenters. The summed E-state index contributed by atoms with van der Waals surface area (Å²) in [4.78, 5) is 0. The molecule has 0 rings (SSSR count). The first-order valence-electron chi connectivity index (χ1n) is 5.57. The first kappa shape index (κ1) is 12.9. The molecule has 0 aliphatic heterocycles. The van der Waals surface area contributed by atoms with E-state index in [9.17, 15) is 5.11 Å². The standard InChI is InChI=1S/C11H24O2/c1-3-5-6-7-8-9-13-10-11(12)4-2/h11-12H,3-10H2,1-2H3. The highest BCUT2D eigenvalue weighted by molar-refractivity contribution is 4.48. The van der Waals surface area contributed by atoms with Crippen molar-refractivity contribution in [1.82, 2.24) is 0 Å². The Hall–Kier alpha value is -0.0800. The van der Waals surface area contributed by atoms with Crippen LogP contribution in [0, 0.1) is 0 Å². The van der Waals surface area contributed by atoms with E-state index in [-0.39, 0.29) is 6.10 Å². The average molecular weight is 188 g/mol. The van der Waals surface area contributed by atoms with Gasteiger partial charge in [-0.25, -0.2) is 0 Å². The molecule has 13 heavy (non-hydrogen) atoms. The quantitative estimate of drug-likeness (QED) is 0.564. The number of ether oxygens (including phenoxy) is 1. The normalized spacial score (nSPS) is 13.2. The number of hydrogen-bond acceptors (Lipinski definition) is 2. The van der Waals surface area contributed by atoms with Crippen molar-refractivity contribution in [1.29, 1.82) is 0 Å². The maximum Gasteiger partial charge on any atom is 0.0771 e. The van der Waals surface area contributed by atoms with Gasteiger partial charge in [-0.15, -0.1) is 0 Å². The summed E-state index contributed by atoms with van der Waals surface area (Å²) >= 11 is 0. The molecule has 0 aromatic carbocycles. The number of aliphatic hydroxyl groups excluding tert-OH is 1. The van der Waals surface area contributed by atoms with E-state index < -0.39 is 0 Å². The van der Waals surface area contributed by atoms with Crippen molar-refractivity contribution in [2.75, 3.05) is 13.2 Å². The minimum atomic E-state index is -0.268. The minimum Gasteiger partial charge on any atom is -0.391 e. The average Bonchev–Trinajstić information content (AvgIpc) is 2.16. The zero-order valence-corrected chi connectivity index (χ0v) is 9.09. The lowest BCUT2D eigenvalue weighted by Crippen LogP contribution is -2.14. The Labute approximate surface area is 82.3 Å². The molecule has 2 nitrogen and oxygen atoms in total. The fourth-order valence-electron chi connectivity index (χ4n) is 1.14. The molecule has 0 aliphatic rings. The molecule has 0 radical (unpaired) electrons. The summed E-state index contributed by atoms with van der Waals surface area (Å²) in [5.41, 5.74) is 0. The first-order valence-corrected chi connectivity index (χ1v) is 5.57. The second kappa shape index (κ2) is 10.0. The van der Waals surface area contributed by atoms with Crippen LogP contribution in [0.1, 0.15) is 52.4 Å². The van der Waals surface area contributed by atoms with Gasteiger partial charge >= 0.3 is 0 Å². The van der Waals surface area contributed by atoms with Crippen molar-refractivity contribution in [2.24, 2.45) is 0 Å². The molecule has 0 bridgehead atoms. The summed E-state index contributed by atoms with van der Waals surface area (Å²) in [6.45, 7) is 5.49. The molecule has 2 heteroatoms. The van der Waals surface area contributed by atoms with E-state index in [1.165, 1.54) is 25.7 Å². The van der Waals surface area contributed by atoms with Crippen LogP contribution >= 0.6 is 0 Å². The fraction of sp³-hybridized carbons (Fsp3) is 1.00. The zero-order chi connectivity index (χ0) is 9.94. The van der Waals surface area contributed by atoms with Gasteiger partial charge in [0.05, 0.1) is 12.7 Å². The van der Waals surface area contributed by atoms with Crippen LogP contribution in [0.15, 0.2) is 0 Å². The fourth-order valence-corrected chi connectivity index (χ4v) is 1.14. The number of aliphatic hydroxyl groups is 1. The number of hydrogen-bond donors (Lipinski definition) is 1. The van der Waals surface area contributed by atoms with Gasteiger partial charge in [0.15, 0.2) is 0 Å². The first-order chi connectivity index (χ1) is 6.31. The lowest BCUT2D eigenvalue weighted by atomic mass is 10.2. The highest BCUT2D eigenvalue weighted by Gasteiger charge is 1.99. The van der Waals surface area contributed by atoms with Crippen molar-refractivity contribution in [3.8, 4) is 0 Å². The maximum atomic E-state index is 9.17. The molecule has 0 aromatic heterocycles. The SMILES string of the molecule is CCCCCCCOCC(O)CC. The van der Waals surface area contributed by atoms with Crippen LogP contribution in [0.25, 0.3) is 0 Å². The van der Waals surface area contributed by atoms with E-state index >= 15 is 0 Å². The third-order valence-electron chi connectivity index (χ3n) is 2.17. The van der Waals surface area contributed by atoms with Gasteiger partial charge in [-0.2, -0.15) is 0 Å². The van der Waals surface area contributed by atoms with Crippen LogP contribution < -0.4 is 0 Å². The van der Waals surface area contributed by atoms with Gasteiger partial charge < -0.3 is 9.84 Å². The second-order valence-electron chi connectivity index (χ2n) is 3.55. The van der Waals surface area contributed by atoms with Crippen LogP contribution in [-0.2, 0) is 4.74 Å². The number of unbranched alkanes of at least 4 members (excludes halogenated alkanes) is 4. The molecule has 0 amide bonds. The summed E-state index contributed by atoms with van der Waals surface area (Å²) in [6, 6.07) is 0. The van der Waals surface area contributed by atoms with Crippen LogP contribution in [0.2, 0.25) is 0 Å². The van der Waals surface area contributed by atoms with Crippen molar-refractivity contribution in [3.63, 3.8) is 0 Å². The molecule has 80 valence electrons. The lowest BCUT2D eigenvalue weighted by molar-refractivity contribution is 0.0335. The molecule has 0 heterocycles. The largest absolute Gasteiger partial charge is 0.391 e. The summed E-state index contributed by atoms with van der Waals surface area (Å²) in [5, 5.41) is 9.17. The number of rotatable bonds is 9. The molecular formula is C11H24O2. The Morgan fingerprint density at radius 1 is 1.08 bits per heavy atom. The summed E-state index contributed by atoms with van der Waals surface area (Å²) in [5.74, 6) is 0. The van der Waals surface area contributed by atoms with Gasteiger partial charge in [-0.3, -0.25) is 0 Å². The van der Waals surface area contributed by atoms with E-state index in [2.05, 4.69) is 6.92 Å². The van der Waals surface area contributed by atoms with E-state index in [1.807, 2.05) is 6.92 Å². The van der Waals surface area contributed by atoms with E-state index in [0.29, 0.717) is 6.61 Å². The Bertz CT molecular complexity index is 94.1. The Morgan fingerprint density at radius 3 is 2.38 bits per heavy atom. The lowest BCUT2D eigenvalue weighted by Gasteiger charge is -2.08. The molecule has 1 N–H and O–H groups in total. The van der Waals surface area contributed by atoms with E-state index in [0.717, 1.165) is 19.4 Å². The van der Waals surface area contributed by atoms with Gasteiger partial charge in [-0.05, 0) is 12.8 Å². The van der Waals surface area contributed by atoms with Crippen LogP contribution in [0.3, 0.4) is 0 Å². The van der Waals surface area contributed by atoms with Gasteiger partial charge in [-0.1, -0.05) is 39.5 Å². The third-order valence-corrected chi connectivity index (χ3v) is 2.17. The smallest absolute Gasteiger partial charge is 0.0771 e. The van der Waals surface area contributed by atoms with E-state index in [1.54, 1.807) is 0 Å². The molecule has 0 saturated carbocycles. The minimum absolute atomic E-state index is 0.268. The maximum absolute atomic E-state index is 9.17. The van der Waals surface area contributed by atoms with Gasteiger partial charge in [0, 0.05) is 6.61 Å². The molecule has 0 spiro atoms. The zero-order valence-electron chi connectivity index (χ0n) is 9.09. The highest BCUT2D eigenvalue weighted by atomic mass is 16.5. The summed E-state index contributed by atoms with van der Waals surface area (Å²) < 4.78 is 5.32. The monoisotopic (exact) mass is 188 g/mol. The molecule has 1 atom stereocenters. The summed E-state index contributed by atoms with van der Waals surface area (Å²) in [7, 11) is 0. The van der Waals surface area contributed by atoms with Gasteiger partial charge in [0.2, 0.25) is 0 Å². The van der Waals surface area contributed by atoms with Gasteiger partial charge in [0.1, 0.15) is 0 Å². The van der Waals surface area contributed by atoms with Crippen LogP contribution in [0.5, 0.6) is 0 Å². The van der Waals surface area contributed by atoms with Gasteiger partial charge in [0.25, 0.3) is 0 Å². The topological polar surface area (TPSA) is 29.5 Å². The highest BCUT2D eigenvalue weighted by Crippen LogP contribution is 2.02. The van der Waals surface area contributed by atoms with Crippen molar-refractivity contribution < 1.29 is 9.84 Å². The summed E-state index contributed by atoms with van der Waals surface area (Å²) in [6.07, 6.45) is 6.85. The molecule has 0 saturated heterocycles. The predicted octanol–water partition coefficient (Wildman–Crippen LogP) is 2.74. The molecule has 0 fully saturated rings. The molecular weight excluding hydrogens is 164 g/mol. The Kier molecular flexibility index (Phi) is 9.94. The van der Waals surface area contributed by atoms with Crippen LogP contribution in [-0.4, -0.2) is 24.4 Å². The third kappa shape index (κ3) is 9.84. The second-order valence-corrected chi connectivity index (χ2v) is 3.55. The van der Waals surface area contributed by atoms with Crippen molar-refractivity contribution >= 4 is 0 Å². The molecule has 0 aliphatic carbocycles. The van der Waals surface area contributed by atoms with Crippen molar-refractivity contribution in [2.45, 2.75) is 58.5 Å². The Balaban J connectivity index is 2.91. The van der Waals surface area contributed by atoms with Crippen molar-refractivity contribution in [3.05, 3.63) is 0 Å². The Morgan fingerprint density at radius 2 is 1.77 bits per heavy atom.